The molecule has 2 aromatic carbocycles. The van der Waals surface area contributed by atoms with Crippen molar-refractivity contribution in [3.8, 4) is 0 Å². The van der Waals surface area contributed by atoms with E-state index in [1.165, 1.54) is 7.11 Å². The molecule has 0 saturated carbocycles. The van der Waals surface area contributed by atoms with E-state index in [9.17, 15) is 9.59 Å². The number of amides is 1. The van der Waals surface area contributed by atoms with Crippen molar-refractivity contribution < 1.29 is 14.3 Å². The second kappa shape index (κ2) is 7.52. The van der Waals surface area contributed by atoms with E-state index in [0.29, 0.717) is 17.7 Å². The number of esters is 1. The fourth-order valence-corrected chi connectivity index (χ4v) is 3.26. The average molecular weight is 373 g/mol. The summed E-state index contributed by atoms with van der Waals surface area (Å²) in [5.74, 6) is -0.667. The number of carbonyl (C=O) groups excluding carboxylic acids is 2. The molecule has 6 heteroatoms. The SMILES string of the molecule is COC(=O)c1ccccc1NC(=O)CCc1cc2c(cn1)[nH]c1ccccc12. The summed E-state index contributed by atoms with van der Waals surface area (Å²) in [4.78, 5) is 32.0. The van der Waals surface area contributed by atoms with Gasteiger partial charge in [-0.15, -0.1) is 0 Å². The number of carbonyl (C=O) groups is 2. The first-order chi connectivity index (χ1) is 13.7. The van der Waals surface area contributed by atoms with Crippen LogP contribution in [0.2, 0.25) is 0 Å². The van der Waals surface area contributed by atoms with Gasteiger partial charge in [0, 0.05) is 28.4 Å². The number of para-hydroxylation sites is 2. The molecule has 0 saturated heterocycles. The van der Waals surface area contributed by atoms with Crippen LogP contribution in [0, 0.1) is 0 Å². The number of methoxy groups -OCH3 is 1. The Morgan fingerprint density at radius 1 is 1.04 bits per heavy atom. The molecule has 2 N–H and O–H groups in total. The molecule has 0 aliphatic carbocycles. The maximum Gasteiger partial charge on any atom is 0.339 e. The Morgan fingerprint density at radius 3 is 2.68 bits per heavy atom. The molecular weight excluding hydrogens is 354 g/mol. The van der Waals surface area contributed by atoms with E-state index < -0.39 is 5.97 Å². The molecule has 4 aromatic rings. The van der Waals surface area contributed by atoms with E-state index in [-0.39, 0.29) is 12.3 Å². The van der Waals surface area contributed by atoms with Crippen molar-refractivity contribution in [2.24, 2.45) is 0 Å². The summed E-state index contributed by atoms with van der Waals surface area (Å²) >= 11 is 0. The molecule has 28 heavy (non-hydrogen) atoms. The Bertz CT molecular complexity index is 1180. The number of aryl methyl sites for hydroxylation is 1. The van der Waals surface area contributed by atoms with Crippen LogP contribution in [0.25, 0.3) is 21.8 Å². The minimum atomic E-state index is -0.484. The van der Waals surface area contributed by atoms with Gasteiger partial charge in [0.05, 0.1) is 30.1 Å². The molecule has 0 atom stereocenters. The lowest BCUT2D eigenvalue weighted by molar-refractivity contribution is -0.116. The van der Waals surface area contributed by atoms with Gasteiger partial charge in [0.15, 0.2) is 0 Å². The Morgan fingerprint density at radius 2 is 1.82 bits per heavy atom. The van der Waals surface area contributed by atoms with E-state index in [4.69, 9.17) is 4.74 Å². The number of hydrogen-bond acceptors (Lipinski definition) is 4. The van der Waals surface area contributed by atoms with E-state index in [1.807, 2.05) is 24.3 Å². The zero-order valence-corrected chi connectivity index (χ0v) is 15.4. The van der Waals surface area contributed by atoms with Crippen LogP contribution in [0.4, 0.5) is 5.69 Å². The zero-order valence-electron chi connectivity index (χ0n) is 15.4. The molecular formula is C22H19N3O3. The maximum atomic E-state index is 12.4. The number of nitrogens with zero attached hydrogens (tertiary/aromatic N) is 1. The van der Waals surface area contributed by atoms with Crippen LogP contribution in [-0.4, -0.2) is 29.0 Å². The summed E-state index contributed by atoms with van der Waals surface area (Å²) < 4.78 is 4.75. The molecule has 1 amide bonds. The average Bonchev–Trinajstić information content (AvgIpc) is 3.10. The summed E-state index contributed by atoms with van der Waals surface area (Å²) in [6.07, 6.45) is 2.56. The minimum absolute atomic E-state index is 0.183. The van der Waals surface area contributed by atoms with Crippen LogP contribution in [0.15, 0.2) is 60.8 Å². The maximum absolute atomic E-state index is 12.4. The number of H-pyrrole nitrogens is 1. The molecule has 2 heterocycles. The van der Waals surface area contributed by atoms with Crippen LogP contribution in [0.3, 0.4) is 0 Å². The number of aromatic nitrogens is 2. The fourth-order valence-electron chi connectivity index (χ4n) is 3.26. The Hall–Kier alpha value is -3.67. The number of benzene rings is 2. The number of anilines is 1. The highest BCUT2D eigenvalue weighted by Gasteiger charge is 2.13. The minimum Gasteiger partial charge on any atom is -0.465 e. The Kier molecular flexibility index (Phi) is 4.76. The van der Waals surface area contributed by atoms with Crippen LogP contribution >= 0.6 is 0 Å². The second-order valence-corrected chi connectivity index (χ2v) is 6.48. The van der Waals surface area contributed by atoms with Crippen LogP contribution < -0.4 is 5.32 Å². The van der Waals surface area contributed by atoms with Gasteiger partial charge in [0.2, 0.25) is 5.91 Å². The standard InChI is InChI=1S/C22H19N3O3/c1-28-22(27)16-7-3-5-9-19(16)25-21(26)11-10-14-12-17-15-6-2-4-8-18(15)24-20(17)13-23-14/h2-9,12-13,24H,10-11H2,1H3,(H,25,26). The highest BCUT2D eigenvalue weighted by atomic mass is 16.5. The van der Waals surface area contributed by atoms with Crippen LogP contribution in [-0.2, 0) is 16.0 Å². The molecule has 140 valence electrons. The van der Waals surface area contributed by atoms with Crippen molar-refractivity contribution in [3.05, 3.63) is 72.1 Å². The van der Waals surface area contributed by atoms with Gasteiger partial charge in [-0.2, -0.15) is 0 Å². The lowest BCUT2D eigenvalue weighted by Crippen LogP contribution is -2.15. The molecule has 0 bridgehead atoms. The van der Waals surface area contributed by atoms with E-state index >= 15 is 0 Å². The predicted molar refractivity (Wildman–Crippen MR) is 108 cm³/mol. The second-order valence-electron chi connectivity index (χ2n) is 6.48. The molecule has 0 spiro atoms. The van der Waals surface area contributed by atoms with Crippen LogP contribution in [0.1, 0.15) is 22.5 Å². The third kappa shape index (κ3) is 3.44. The number of aromatic amines is 1. The number of rotatable bonds is 5. The predicted octanol–water partition coefficient (Wildman–Crippen LogP) is 4.07. The molecule has 4 rings (SSSR count). The Labute approximate surface area is 161 Å². The van der Waals surface area contributed by atoms with Gasteiger partial charge in [0.25, 0.3) is 0 Å². The number of ether oxygens (including phenoxy) is 1. The number of fused-ring (bicyclic) bond motifs is 3. The van der Waals surface area contributed by atoms with Gasteiger partial charge < -0.3 is 15.0 Å². The number of nitrogens with one attached hydrogen (secondary N) is 2. The first-order valence-corrected chi connectivity index (χ1v) is 8.98. The molecule has 0 aliphatic rings. The van der Waals surface area contributed by atoms with Crippen molar-refractivity contribution >= 4 is 39.4 Å². The quantitative estimate of drug-likeness (QED) is 0.517. The molecule has 0 unspecified atom stereocenters. The monoisotopic (exact) mass is 373 g/mol. The third-order valence-corrected chi connectivity index (χ3v) is 4.66. The fraction of sp³-hybridized carbons (Fsp3) is 0.136. The Balaban J connectivity index is 1.48. The van der Waals surface area contributed by atoms with Crippen molar-refractivity contribution in [3.63, 3.8) is 0 Å². The first-order valence-electron chi connectivity index (χ1n) is 8.98. The van der Waals surface area contributed by atoms with Crippen LogP contribution in [0.5, 0.6) is 0 Å². The van der Waals surface area contributed by atoms with Gasteiger partial charge in [-0.1, -0.05) is 30.3 Å². The van der Waals surface area contributed by atoms with Gasteiger partial charge >= 0.3 is 5.97 Å². The highest BCUT2D eigenvalue weighted by Crippen LogP contribution is 2.25. The lowest BCUT2D eigenvalue weighted by atomic mass is 10.1. The summed E-state index contributed by atoms with van der Waals surface area (Å²) in [6, 6.07) is 16.9. The van der Waals surface area contributed by atoms with Gasteiger partial charge in [-0.25, -0.2) is 4.79 Å². The first kappa shape index (κ1) is 17.7. The molecule has 0 aliphatic heterocycles. The van der Waals surface area contributed by atoms with E-state index in [1.54, 1.807) is 30.5 Å². The van der Waals surface area contributed by atoms with Crippen molar-refractivity contribution in [2.45, 2.75) is 12.8 Å². The summed E-state index contributed by atoms with van der Waals surface area (Å²) in [5.41, 5.74) is 3.65. The smallest absolute Gasteiger partial charge is 0.339 e. The van der Waals surface area contributed by atoms with Gasteiger partial charge in [0.1, 0.15) is 0 Å². The third-order valence-electron chi connectivity index (χ3n) is 4.66. The largest absolute Gasteiger partial charge is 0.465 e. The lowest BCUT2D eigenvalue weighted by Gasteiger charge is -2.09. The normalized spacial score (nSPS) is 10.9. The highest BCUT2D eigenvalue weighted by molar-refractivity contribution is 6.07. The summed E-state index contributed by atoms with van der Waals surface area (Å²) in [7, 11) is 1.31. The van der Waals surface area contributed by atoms with Crippen molar-refractivity contribution in [1.29, 1.82) is 0 Å². The summed E-state index contributed by atoms with van der Waals surface area (Å²) in [6.45, 7) is 0. The number of hydrogen-bond donors (Lipinski definition) is 2. The van der Waals surface area contributed by atoms with Gasteiger partial charge in [-0.05, 0) is 30.7 Å². The van der Waals surface area contributed by atoms with Gasteiger partial charge in [-0.3, -0.25) is 9.78 Å². The number of pyridine rings is 1. The van der Waals surface area contributed by atoms with Crippen molar-refractivity contribution in [1.82, 2.24) is 9.97 Å². The molecule has 0 fully saturated rings. The van der Waals surface area contributed by atoms with E-state index in [2.05, 4.69) is 21.4 Å². The van der Waals surface area contributed by atoms with Crippen molar-refractivity contribution in [2.75, 3.05) is 12.4 Å². The summed E-state index contributed by atoms with van der Waals surface area (Å²) in [5, 5.41) is 5.02. The van der Waals surface area contributed by atoms with E-state index in [0.717, 1.165) is 27.5 Å². The molecule has 0 radical (unpaired) electrons. The molecule has 2 aromatic heterocycles. The molecule has 6 nitrogen and oxygen atoms in total. The topological polar surface area (TPSA) is 84.1 Å². The zero-order chi connectivity index (χ0) is 19.5.